The predicted molar refractivity (Wildman–Crippen MR) is 112 cm³/mol. The van der Waals surface area contributed by atoms with Crippen LogP contribution < -0.4 is 21.5 Å². The zero-order chi connectivity index (χ0) is 23.8. The van der Waals surface area contributed by atoms with Crippen molar-refractivity contribution in [3.05, 3.63) is 45.5 Å². The molecule has 176 valence electrons. The lowest BCUT2D eigenvalue weighted by Crippen LogP contribution is -2.42. The van der Waals surface area contributed by atoms with Crippen LogP contribution in [0.15, 0.2) is 34.2 Å². The van der Waals surface area contributed by atoms with Gasteiger partial charge in [0.1, 0.15) is 5.69 Å². The number of rotatable bonds is 6. The van der Waals surface area contributed by atoms with E-state index in [0.29, 0.717) is 0 Å². The number of carbonyl (C=O) groups is 1. The summed E-state index contributed by atoms with van der Waals surface area (Å²) in [6.07, 6.45) is 1.42. The zero-order valence-corrected chi connectivity index (χ0v) is 17.7. The Hall–Kier alpha value is -3.81. The van der Waals surface area contributed by atoms with Crippen molar-refractivity contribution in [2.45, 2.75) is 25.0 Å². The van der Waals surface area contributed by atoms with Gasteiger partial charge in [-0.2, -0.15) is 5.10 Å². The zero-order valence-electron chi connectivity index (χ0n) is 17.7. The SMILES string of the molecule is COCC(C)NC(=O)OC1CN(c2cc(-c3c[nH]c(=O)[nH]c3=O)nn3ccnc23)CC1(F)F. The average Bonchev–Trinajstić information content (AvgIpc) is 3.31. The van der Waals surface area contributed by atoms with Gasteiger partial charge in [-0.05, 0) is 13.0 Å². The number of nitrogens with zero attached hydrogens (tertiary/aromatic N) is 4. The summed E-state index contributed by atoms with van der Waals surface area (Å²) in [6, 6.07) is 1.00. The number of anilines is 1. The molecule has 1 fully saturated rings. The maximum Gasteiger partial charge on any atom is 0.407 e. The molecular formula is C19H21F2N7O5. The Kier molecular flexibility index (Phi) is 5.84. The molecule has 1 aliphatic rings. The topological polar surface area (TPSA) is 147 Å². The molecule has 0 bridgehead atoms. The minimum absolute atomic E-state index is 0.0386. The lowest BCUT2D eigenvalue weighted by Gasteiger charge is -2.20. The highest BCUT2D eigenvalue weighted by Gasteiger charge is 2.51. The van der Waals surface area contributed by atoms with Crippen LogP contribution >= 0.6 is 0 Å². The van der Waals surface area contributed by atoms with Crippen LogP contribution in [-0.4, -0.2) is 75.5 Å². The lowest BCUT2D eigenvalue weighted by molar-refractivity contribution is -0.0768. The fourth-order valence-electron chi connectivity index (χ4n) is 3.58. The van der Waals surface area contributed by atoms with Crippen LogP contribution in [-0.2, 0) is 9.47 Å². The van der Waals surface area contributed by atoms with Gasteiger partial charge in [0.15, 0.2) is 11.8 Å². The number of hydrogen-bond acceptors (Lipinski definition) is 8. The van der Waals surface area contributed by atoms with E-state index in [1.807, 2.05) is 0 Å². The molecule has 2 atom stereocenters. The number of aromatic amines is 2. The van der Waals surface area contributed by atoms with Gasteiger partial charge < -0.3 is 24.7 Å². The molecule has 0 aliphatic carbocycles. The van der Waals surface area contributed by atoms with E-state index in [-0.39, 0.29) is 35.7 Å². The Labute approximate surface area is 184 Å². The fourth-order valence-corrected chi connectivity index (χ4v) is 3.58. The molecule has 4 rings (SSSR count). The monoisotopic (exact) mass is 465 g/mol. The number of alkyl halides is 2. The highest BCUT2D eigenvalue weighted by molar-refractivity contribution is 5.75. The second-order valence-corrected chi connectivity index (χ2v) is 7.63. The third-order valence-electron chi connectivity index (χ3n) is 5.06. The predicted octanol–water partition coefficient (Wildman–Crippen LogP) is 0.358. The normalized spacial score (nSPS) is 18.4. The van der Waals surface area contributed by atoms with Gasteiger partial charge in [-0.1, -0.05) is 0 Å². The van der Waals surface area contributed by atoms with Crippen LogP contribution in [0, 0.1) is 0 Å². The van der Waals surface area contributed by atoms with Gasteiger partial charge in [0.25, 0.3) is 5.56 Å². The second-order valence-electron chi connectivity index (χ2n) is 7.63. The molecule has 33 heavy (non-hydrogen) atoms. The molecular weight excluding hydrogens is 444 g/mol. The summed E-state index contributed by atoms with van der Waals surface area (Å²) in [7, 11) is 1.45. The Morgan fingerprint density at radius 1 is 1.42 bits per heavy atom. The fraction of sp³-hybridized carbons (Fsp3) is 0.421. The highest BCUT2D eigenvalue weighted by atomic mass is 19.3. The first kappa shape index (κ1) is 22.4. The number of methoxy groups -OCH3 is 1. The second kappa shape index (κ2) is 8.61. The molecule has 4 heterocycles. The summed E-state index contributed by atoms with van der Waals surface area (Å²) < 4.78 is 40.7. The lowest BCUT2D eigenvalue weighted by atomic mass is 10.2. The number of alkyl carbamates (subject to hydrolysis) is 1. The number of fused-ring (bicyclic) bond motifs is 1. The van der Waals surface area contributed by atoms with Crippen molar-refractivity contribution in [1.82, 2.24) is 29.9 Å². The van der Waals surface area contributed by atoms with E-state index < -0.39 is 42.0 Å². The van der Waals surface area contributed by atoms with E-state index in [9.17, 15) is 23.2 Å². The summed E-state index contributed by atoms with van der Waals surface area (Å²) >= 11 is 0. The highest BCUT2D eigenvalue weighted by Crippen LogP contribution is 2.35. The van der Waals surface area contributed by atoms with Gasteiger partial charge in [-0.3, -0.25) is 9.78 Å². The van der Waals surface area contributed by atoms with Crippen molar-refractivity contribution in [3.63, 3.8) is 0 Å². The summed E-state index contributed by atoms with van der Waals surface area (Å²) in [6.45, 7) is 0.791. The molecule has 2 unspecified atom stereocenters. The third-order valence-corrected chi connectivity index (χ3v) is 5.06. The number of carbonyl (C=O) groups excluding carboxylic acids is 1. The molecule has 0 aromatic carbocycles. The van der Waals surface area contributed by atoms with E-state index in [2.05, 4.69) is 25.4 Å². The molecule has 1 saturated heterocycles. The van der Waals surface area contributed by atoms with Crippen molar-refractivity contribution in [2.75, 3.05) is 31.7 Å². The summed E-state index contributed by atoms with van der Waals surface area (Å²) in [4.78, 5) is 45.5. The molecule has 0 radical (unpaired) electrons. The average molecular weight is 465 g/mol. The largest absolute Gasteiger partial charge is 0.438 e. The van der Waals surface area contributed by atoms with Gasteiger partial charge in [0.05, 0.1) is 37.0 Å². The van der Waals surface area contributed by atoms with Crippen molar-refractivity contribution < 1.29 is 23.0 Å². The van der Waals surface area contributed by atoms with Gasteiger partial charge in [-0.15, -0.1) is 0 Å². The van der Waals surface area contributed by atoms with Crippen molar-refractivity contribution in [2.24, 2.45) is 0 Å². The number of halogens is 2. The van der Waals surface area contributed by atoms with Gasteiger partial charge in [0.2, 0.25) is 0 Å². The quantitative estimate of drug-likeness (QED) is 0.473. The van der Waals surface area contributed by atoms with Crippen molar-refractivity contribution in [3.8, 4) is 11.3 Å². The number of aromatic nitrogens is 5. The molecule has 0 spiro atoms. The number of ether oxygens (including phenoxy) is 2. The molecule has 3 aromatic heterocycles. The number of imidazole rings is 1. The Balaban J connectivity index is 1.64. The van der Waals surface area contributed by atoms with Crippen LogP contribution in [0.5, 0.6) is 0 Å². The first-order valence-electron chi connectivity index (χ1n) is 9.93. The first-order chi connectivity index (χ1) is 15.7. The molecule has 14 heteroatoms. The van der Waals surface area contributed by atoms with E-state index in [1.165, 1.54) is 41.2 Å². The first-order valence-corrected chi connectivity index (χ1v) is 9.93. The standard InChI is InChI=1S/C19H21F2N7O5/c1-10(8-32-2)24-18(31)33-14-7-27(9-19(14,20)21)13-5-12(26-28-4-3-22-15(13)28)11-6-23-17(30)25-16(11)29/h3-6,10,14H,7-9H2,1-2H3,(H,24,31)(H2,23,25,29,30). The molecule has 1 aliphatic heterocycles. The minimum atomic E-state index is -3.34. The number of nitrogens with one attached hydrogen (secondary N) is 3. The molecule has 0 saturated carbocycles. The van der Waals surface area contributed by atoms with Crippen LogP contribution in [0.4, 0.5) is 19.3 Å². The Bertz CT molecular complexity index is 1290. The van der Waals surface area contributed by atoms with Gasteiger partial charge in [-0.25, -0.2) is 27.9 Å². The van der Waals surface area contributed by atoms with E-state index in [0.717, 1.165) is 0 Å². The summed E-state index contributed by atoms with van der Waals surface area (Å²) in [5, 5.41) is 6.71. The number of H-pyrrole nitrogens is 2. The van der Waals surface area contributed by atoms with E-state index >= 15 is 0 Å². The van der Waals surface area contributed by atoms with Crippen LogP contribution in [0.1, 0.15) is 6.92 Å². The van der Waals surface area contributed by atoms with Crippen LogP contribution in [0.25, 0.3) is 16.9 Å². The maximum atomic E-state index is 14.7. The Morgan fingerprint density at radius 2 is 2.21 bits per heavy atom. The van der Waals surface area contributed by atoms with Crippen molar-refractivity contribution in [1.29, 1.82) is 0 Å². The van der Waals surface area contributed by atoms with E-state index in [1.54, 1.807) is 6.92 Å². The number of amides is 1. The van der Waals surface area contributed by atoms with Crippen LogP contribution in [0.3, 0.4) is 0 Å². The van der Waals surface area contributed by atoms with Gasteiger partial charge in [0, 0.05) is 25.7 Å². The minimum Gasteiger partial charge on any atom is -0.438 e. The molecule has 12 nitrogen and oxygen atoms in total. The van der Waals surface area contributed by atoms with E-state index in [4.69, 9.17) is 9.47 Å². The number of hydrogen-bond donors (Lipinski definition) is 3. The Morgan fingerprint density at radius 3 is 2.94 bits per heavy atom. The summed E-state index contributed by atoms with van der Waals surface area (Å²) in [5.41, 5.74) is -0.677. The maximum absolute atomic E-state index is 14.7. The van der Waals surface area contributed by atoms with Crippen LogP contribution in [0.2, 0.25) is 0 Å². The summed E-state index contributed by atoms with van der Waals surface area (Å²) in [5.74, 6) is -3.34. The third kappa shape index (κ3) is 4.55. The molecule has 1 amide bonds. The van der Waals surface area contributed by atoms with Crippen molar-refractivity contribution >= 4 is 17.4 Å². The smallest absolute Gasteiger partial charge is 0.407 e. The van der Waals surface area contributed by atoms with Gasteiger partial charge >= 0.3 is 17.7 Å². The molecule has 3 aromatic rings. The molecule has 3 N–H and O–H groups in total.